The minimum absolute atomic E-state index is 0.256. The van der Waals surface area contributed by atoms with E-state index in [2.05, 4.69) is 13.8 Å². The summed E-state index contributed by atoms with van der Waals surface area (Å²) < 4.78 is 0. The van der Waals surface area contributed by atoms with Crippen LogP contribution < -0.4 is 5.73 Å². The maximum Gasteiger partial charge on any atom is 0.225 e. The summed E-state index contributed by atoms with van der Waals surface area (Å²) >= 11 is 0. The van der Waals surface area contributed by atoms with Gasteiger partial charge in [0.25, 0.3) is 0 Å². The molecule has 0 heterocycles. The molecule has 0 spiro atoms. The monoisotopic (exact) mass is 240 g/mol. The Hall–Kier alpha value is -0.570. The molecule has 0 aromatic heterocycles. The van der Waals surface area contributed by atoms with Crippen LogP contribution >= 0.6 is 0 Å². The van der Waals surface area contributed by atoms with Crippen molar-refractivity contribution in [3.8, 4) is 0 Å². The van der Waals surface area contributed by atoms with Crippen molar-refractivity contribution in [3.05, 3.63) is 0 Å². The summed E-state index contributed by atoms with van der Waals surface area (Å²) in [4.78, 5) is 14.2. The Morgan fingerprint density at radius 3 is 2.41 bits per heavy atom. The standard InChI is InChI=1S/C14H28N2O/c1-4-11(2)10-16(3)14(17)13-7-5-12(9-15)6-8-13/h11-13H,4-10,15H2,1-3H3. The first-order valence-electron chi connectivity index (χ1n) is 7.03. The number of carbonyl (C=O) groups excluding carboxylic acids is 1. The van der Waals surface area contributed by atoms with Crippen molar-refractivity contribution < 1.29 is 4.79 Å². The molecule has 0 saturated heterocycles. The average Bonchev–Trinajstić information content (AvgIpc) is 2.37. The molecule has 1 fully saturated rings. The molecule has 3 heteroatoms. The highest BCUT2D eigenvalue weighted by Gasteiger charge is 2.27. The minimum atomic E-state index is 0.256. The Bertz CT molecular complexity index is 234. The van der Waals surface area contributed by atoms with Crippen LogP contribution in [0.5, 0.6) is 0 Å². The van der Waals surface area contributed by atoms with Gasteiger partial charge in [-0.1, -0.05) is 20.3 Å². The molecule has 3 nitrogen and oxygen atoms in total. The number of amides is 1. The second kappa shape index (κ2) is 7.00. The summed E-state index contributed by atoms with van der Waals surface area (Å²) in [5.41, 5.74) is 5.67. The maximum absolute atomic E-state index is 12.2. The molecule has 0 aromatic rings. The van der Waals surface area contributed by atoms with Gasteiger partial charge >= 0.3 is 0 Å². The van der Waals surface area contributed by atoms with E-state index in [9.17, 15) is 4.79 Å². The van der Waals surface area contributed by atoms with Gasteiger partial charge in [-0.2, -0.15) is 0 Å². The molecule has 0 bridgehead atoms. The van der Waals surface area contributed by atoms with Crippen molar-refractivity contribution in [2.24, 2.45) is 23.5 Å². The predicted molar refractivity (Wildman–Crippen MR) is 71.6 cm³/mol. The number of carbonyl (C=O) groups is 1. The van der Waals surface area contributed by atoms with Crippen LogP contribution in [-0.2, 0) is 4.79 Å². The Morgan fingerprint density at radius 2 is 1.94 bits per heavy atom. The molecule has 1 aliphatic carbocycles. The largest absolute Gasteiger partial charge is 0.345 e. The molecule has 0 radical (unpaired) electrons. The molecule has 17 heavy (non-hydrogen) atoms. The lowest BCUT2D eigenvalue weighted by Crippen LogP contribution is -2.37. The van der Waals surface area contributed by atoms with Crippen LogP contribution in [0.4, 0.5) is 0 Å². The fourth-order valence-corrected chi connectivity index (χ4v) is 2.64. The van der Waals surface area contributed by atoms with Gasteiger partial charge < -0.3 is 10.6 Å². The summed E-state index contributed by atoms with van der Waals surface area (Å²) in [7, 11) is 1.95. The van der Waals surface area contributed by atoms with Gasteiger partial charge in [-0.25, -0.2) is 0 Å². The quantitative estimate of drug-likeness (QED) is 0.801. The van der Waals surface area contributed by atoms with Crippen molar-refractivity contribution in [2.75, 3.05) is 20.1 Å². The average molecular weight is 240 g/mol. The molecular weight excluding hydrogens is 212 g/mol. The van der Waals surface area contributed by atoms with Crippen molar-refractivity contribution >= 4 is 5.91 Å². The van der Waals surface area contributed by atoms with Crippen LogP contribution in [0.1, 0.15) is 46.0 Å². The highest BCUT2D eigenvalue weighted by Crippen LogP contribution is 2.29. The summed E-state index contributed by atoms with van der Waals surface area (Å²) in [6.07, 6.45) is 5.46. The summed E-state index contributed by atoms with van der Waals surface area (Å²) in [5.74, 6) is 1.86. The topological polar surface area (TPSA) is 46.3 Å². The fraction of sp³-hybridized carbons (Fsp3) is 0.929. The SMILES string of the molecule is CCC(C)CN(C)C(=O)C1CCC(CN)CC1. The van der Waals surface area contributed by atoms with Crippen molar-refractivity contribution in [1.29, 1.82) is 0 Å². The smallest absolute Gasteiger partial charge is 0.225 e. The van der Waals surface area contributed by atoms with Gasteiger partial charge in [0.05, 0.1) is 0 Å². The molecule has 0 aliphatic heterocycles. The second-order valence-electron chi connectivity index (χ2n) is 5.69. The van der Waals surface area contributed by atoms with Gasteiger partial charge in [0.1, 0.15) is 0 Å². The third kappa shape index (κ3) is 4.30. The Labute approximate surface area is 106 Å². The molecule has 1 unspecified atom stereocenters. The van der Waals surface area contributed by atoms with E-state index in [1.54, 1.807) is 0 Å². The number of nitrogens with zero attached hydrogens (tertiary/aromatic N) is 1. The molecule has 1 rings (SSSR count). The van der Waals surface area contributed by atoms with Crippen LogP contribution in [0.3, 0.4) is 0 Å². The Balaban J connectivity index is 2.37. The first-order valence-corrected chi connectivity index (χ1v) is 7.03. The fourth-order valence-electron chi connectivity index (χ4n) is 2.64. The molecule has 1 aliphatic rings. The van der Waals surface area contributed by atoms with Crippen LogP contribution in [-0.4, -0.2) is 30.9 Å². The van der Waals surface area contributed by atoms with Gasteiger partial charge in [-0.3, -0.25) is 4.79 Å². The van der Waals surface area contributed by atoms with Gasteiger partial charge in [-0.05, 0) is 44.1 Å². The summed E-state index contributed by atoms with van der Waals surface area (Å²) in [5, 5.41) is 0. The normalized spacial score (nSPS) is 26.6. The molecule has 100 valence electrons. The highest BCUT2D eigenvalue weighted by molar-refractivity contribution is 5.78. The number of hydrogen-bond donors (Lipinski definition) is 1. The lowest BCUT2D eigenvalue weighted by atomic mass is 9.81. The van der Waals surface area contributed by atoms with Crippen molar-refractivity contribution in [3.63, 3.8) is 0 Å². The van der Waals surface area contributed by atoms with Gasteiger partial charge in [0, 0.05) is 19.5 Å². The molecule has 1 atom stereocenters. The second-order valence-corrected chi connectivity index (χ2v) is 5.69. The third-order valence-corrected chi connectivity index (χ3v) is 4.19. The van der Waals surface area contributed by atoms with Crippen molar-refractivity contribution in [2.45, 2.75) is 46.0 Å². The predicted octanol–water partition coefficient (Wildman–Crippen LogP) is 2.26. The zero-order valence-electron chi connectivity index (χ0n) is 11.6. The van der Waals surface area contributed by atoms with Crippen LogP contribution in [0, 0.1) is 17.8 Å². The number of hydrogen-bond acceptors (Lipinski definition) is 2. The summed E-state index contributed by atoms with van der Waals surface area (Å²) in [6.45, 7) is 6.06. The minimum Gasteiger partial charge on any atom is -0.345 e. The van der Waals surface area contributed by atoms with E-state index in [0.29, 0.717) is 17.7 Å². The van der Waals surface area contributed by atoms with E-state index in [1.165, 1.54) is 0 Å². The zero-order chi connectivity index (χ0) is 12.8. The first kappa shape index (κ1) is 14.5. The van der Waals surface area contributed by atoms with Gasteiger partial charge in [-0.15, -0.1) is 0 Å². The summed E-state index contributed by atoms with van der Waals surface area (Å²) in [6, 6.07) is 0. The van der Waals surface area contributed by atoms with E-state index >= 15 is 0 Å². The zero-order valence-corrected chi connectivity index (χ0v) is 11.6. The van der Waals surface area contributed by atoms with E-state index in [1.807, 2.05) is 11.9 Å². The molecule has 1 saturated carbocycles. The van der Waals surface area contributed by atoms with Crippen LogP contribution in [0.25, 0.3) is 0 Å². The molecule has 0 aromatic carbocycles. The Morgan fingerprint density at radius 1 is 1.35 bits per heavy atom. The van der Waals surface area contributed by atoms with Gasteiger partial charge in [0.2, 0.25) is 5.91 Å². The first-order chi connectivity index (χ1) is 8.08. The lowest BCUT2D eigenvalue weighted by molar-refractivity contribution is -0.136. The lowest BCUT2D eigenvalue weighted by Gasteiger charge is -2.31. The molecule has 1 amide bonds. The number of nitrogens with two attached hydrogens (primary N) is 1. The van der Waals surface area contributed by atoms with Gasteiger partial charge in [0.15, 0.2) is 0 Å². The van der Waals surface area contributed by atoms with Crippen LogP contribution in [0.15, 0.2) is 0 Å². The number of rotatable bonds is 5. The van der Waals surface area contributed by atoms with Crippen molar-refractivity contribution in [1.82, 2.24) is 4.90 Å². The third-order valence-electron chi connectivity index (χ3n) is 4.19. The highest BCUT2D eigenvalue weighted by atomic mass is 16.2. The van der Waals surface area contributed by atoms with E-state index < -0.39 is 0 Å². The maximum atomic E-state index is 12.2. The van der Waals surface area contributed by atoms with E-state index in [4.69, 9.17) is 5.73 Å². The van der Waals surface area contributed by atoms with E-state index in [-0.39, 0.29) is 5.92 Å². The Kier molecular flexibility index (Phi) is 5.96. The van der Waals surface area contributed by atoms with E-state index in [0.717, 1.165) is 45.2 Å². The molecule has 2 N–H and O–H groups in total. The molecular formula is C14H28N2O. The van der Waals surface area contributed by atoms with Crippen LogP contribution in [0.2, 0.25) is 0 Å².